The molecule has 0 radical (unpaired) electrons. The number of carbonyl (C=O) groups excluding carboxylic acids is 1. The fourth-order valence-corrected chi connectivity index (χ4v) is 3.33. The van der Waals surface area contributed by atoms with Crippen molar-refractivity contribution in [1.82, 2.24) is 25.5 Å². The van der Waals surface area contributed by atoms with Crippen molar-refractivity contribution in [3.63, 3.8) is 0 Å². The third-order valence-electron chi connectivity index (χ3n) is 4.35. The van der Waals surface area contributed by atoms with Gasteiger partial charge in [-0.2, -0.15) is 29.7 Å². The lowest BCUT2D eigenvalue weighted by molar-refractivity contribution is -0.192. The molecule has 0 saturated carbocycles. The van der Waals surface area contributed by atoms with Crippen molar-refractivity contribution in [2.24, 2.45) is 0 Å². The molecule has 3 aromatic rings. The summed E-state index contributed by atoms with van der Waals surface area (Å²) in [5, 5.41) is 28.6. The van der Waals surface area contributed by atoms with E-state index in [9.17, 15) is 18.0 Å². The Balaban J connectivity index is 0.000000339. The number of carbonyl (C=O) groups is 2. The molecular formula is C18H17F3N6O3S. The van der Waals surface area contributed by atoms with Crippen molar-refractivity contribution in [2.75, 3.05) is 18.4 Å². The number of carboxylic acid groups (broad SMARTS) is 1. The van der Waals surface area contributed by atoms with Crippen LogP contribution in [0.3, 0.4) is 0 Å². The van der Waals surface area contributed by atoms with Crippen LogP contribution in [0.4, 0.5) is 18.9 Å². The van der Waals surface area contributed by atoms with Gasteiger partial charge < -0.3 is 15.3 Å². The summed E-state index contributed by atoms with van der Waals surface area (Å²) in [5.74, 6) is -1.86. The molecule has 0 aliphatic carbocycles. The van der Waals surface area contributed by atoms with Gasteiger partial charge in [0.1, 0.15) is 0 Å². The second-order valence-electron chi connectivity index (χ2n) is 6.54. The Morgan fingerprint density at radius 3 is 2.42 bits per heavy atom. The lowest BCUT2D eigenvalue weighted by Crippen LogP contribution is -2.48. The SMILES string of the molecule is O=C(O)C(F)(F)F.O=C(c1ccc(NCc2ccsc2)cc1)N1CC(c2nn[nH]n2)C1. The highest BCUT2D eigenvalue weighted by atomic mass is 32.1. The number of hydrogen-bond acceptors (Lipinski definition) is 7. The number of carboxylic acids is 1. The highest BCUT2D eigenvalue weighted by molar-refractivity contribution is 7.07. The molecule has 31 heavy (non-hydrogen) atoms. The normalized spacial score (nSPS) is 13.7. The number of likely N-dealkylation sites (tertiary alicyclic amines) is 1. The smallest absolute Gasteiger partial charge is 0.475 e. The zero-order chi connectivity index (χ0) is 22.4. The van der Waals surface area contributed by atoms with Crippen molar-refractivity contribution in [3.8, 4) is 0 Å². The number of aromatic amines is 1. The molecule has 1 aliphatic rings. The summed E-state index contributed by atoms with van der Waals surface area (Å²) in [6.07, 6.45) is -5.08. The molecule has 0 atom stereocenters. The van der Waals surface area contributed by atoms with Gasteiger partial charge in [0.15, 0.2) is 5.82 Å². The quantitative estimate of drug-likeness (QED) is 0.542. The van der Waals surface area contributed by atoms with Crippen LogP contribution in [0.2, 0.25) is 0 Å². The van der Waals surface area contributed by atoms with Crippen molar-refractivity contribution in [2.45, 2.75) is 18.6 Å². The molecule has 1 saturated heterocycles. The predicted molar refractivity (Wildman–Crippen MR) is 105 cm³/mol. The first kappa shape index (κ1) is 22.2. The first-order valence-corrected chi connectivity index (χ1v) is 9.86. The lowest BCUT2D eigenvalue weighted by atomic mass is 9.98. The average Bonchev–Trinajstić information content (AvgIpc) is 3.39. The Hall–Kier alpha value is -3.48. The molecule has 0 spiro atoms. The topological polar surface area (TPSA) is 124 Å². The summed E-state index contributed by atoms with van der Waals surface area (Å²) in [6.45, 7) is 2.06. The lowest BCUT2D eigenvalue weighted by Gasteiger charge is -2.37. The third-order valence-corrected chi connectivity index (χ3v) is 5.08. The number of halogens is 3. The van der Waals surface area contributed by atoms with Gasteiger partial charge in [-0.25, -0.2) is 4.79 Å². The number of aromatic nitrogens is 4. The van der Waals surface area contributed by atoms with Gasteiger partial charge in [0.2, 0.25) is 0 Å². The van der Waals surface area contributed by atoms with Gasteiger partial charge in [-0.05, 0) is 46.7 Å². The molecule has 1 amide bonds. The molecule has 3 heterocycles. The molecular weight excluding hydrogens is 437 g/mol. The molecule has 164 valence electrons. The van der Waals surface area contributed by atoms with Gasteiger partial charge in [0.05, 0.1) is 5.92 Å². The number of benzene rings is 1. The third kappa shape index (κ3) is 6.01. The fourth-order valence-electron chi connectivity index (χ4n) is 2.66. The molecule has 2 aromatic heterocycles. The van der Waals surface area contributed by atoms with E-state index in [1.54, 1.807) is 16.2 Å². The summed E-state index contributed by atoms with van der Waals surface area (Å²) in [4.78, 5) is 23.1. The number of H-pyrrole nitrogens is 1. The predicted octanol–water partition coefficient (Wildman–Crippen LogP) is 2.75. The van der Waals surface area contributed by atoms with Crippen molar-refractivity contribution < 1.29 is 27.9 Å². The van der Waals surface area contributed by atoms with E-state index in [4.69, 9.17) is 9.90 Å². The van der Waals surface area contributed by atoms with E-state index in [-0.39, 0.29) is 11.8 Å². The summed E-state index contributed by atoms with van der Waals surface area (Å²) < 4.78 is 31.7. The van der Waals surface area contributed by atoms with Crippen LogP contribution in [0.15, 0.2) is 41.1 Å². The minimum atomic E-state index is -5.08. The Morgan fingerprint density at radius 2 is 1.90 bits per heavy atom. The van der Waals surface area contributed by atoms with E-state index in [2.05, 4.69) is 42.8 Å². The number of thiophene rings is 1. The van der Waals surface area contributed by atoms with E-state index < -0.39 is 12.1 Å². The van der Waals surface area contributed by atoms with Crippen LogP contribution in [0.5, 0.6) is 0 Å². The monoisotopic (exact) mass is 454 g/mol. The fraction of sp³-hybridized carbons (Fsp3) is 0.278. The number of nitrogens with zero attached hydrogens (tertiary/aromatic N) is 4. The van der Waals surface area contributed by atoms with Crippen LogP contribution < -0.4 is 5.32 Å². The number of tetrazole rings is 1. The zero-order valence-electron chi connectivity index (χ0n) is 15.8. The number of amides is 1. The number of aliphatic carboxylic acids is 1. The van der Waals surface area contributed by atoms with Crippen LogP contribution in [0, 0.1) is 0 Å². The molecule has 1 fully saturated rings. The number of alkyl halides is 3. The molecule has 4 rings (SSSR count). The van der Waals surface area contributed by atoms with E-state index in [1.807, 2.05) is 24.3 Å². The van der Waals surface area contributed by atoms with E-state index in [0.29, 0.717) is 24.5 Å². The van der Waals surface area contributed by atoms with Crippen LogP contribution in [-0.2, 0) is 11.3 Å². The molecule has 0 bridgehead atoms. The highest BCUT2D eigenvalue weighted by Crippen LogP contribution is 2.25. The second-order valence-corrected chi connectivity index (χ2v) is 7.32. The number of anilines is 1. The minimum absolute atomic E-state index is 0.0409. The Kier molecular flexibility index (Phi) is 6.84. The van der Waals surface area contributed by atoms with Crippen molar-refractivity contribution in [3.05, 3.63) is 58.0 Å². The van der Waals surface area contributed by atoms with Gasteiger partial charge in [-0.3, -0.25) is 4.79 Å². The van der Waals surface area contributed by atoms with E-state index >= 15 is 0 Å². The first-order valence-electron chi connectivity index (χ1n) is 8.92. The Labute approximate surface area is 177 Å². The van der Waals surface area contributed by atoms with Crippen LogP contribution in [-0.4, -0.2) is 61.8 Å². The van der Waals surface area contributed by atoms with E-state index in [1.165, 1.54) is 5.56 Å². The molecule has 3 N–H and O–H groups in total. The van der Waals surface area contributed by atoms with Gasteiger partial charge in [-0.1, -0.05) is 5.21 Å². The molecule has 0 unspecified atom stereocenters. The number of nitrogens with one attached hydrogen (secondary N) is 2. The van der Waals surface area contributed by atoms with Crippen LogP contribution >= 0.6 is 11.3 Å². The summed E-state index contributed by atoms with van der Waals surface area (Å²) in [7, 11) is 0. The Morgan fingerprint density at radius 1 is 1.23 bits per heavy atom. The van der Waals surface area contributed by atoms with Gasteiger partial charge in [-0.15, -0.1) is 10.2 Å². The largest absolute Gasteiger partial charge is 0.490 e. The van der Waals surface area contributed by atoms with Crippen molar-refractivity contribution in [1.29, 1.82) is 0 Å². The maximum absolute atomic E-state index is 12.4. The molecule has 1 aliphatic heterocycles. The van der Waals surface area contributed by atoms with Crippen LogP contribution in [0.1, 0.15) is 27.7 Å². The zero-order valence-corrected chi connectivity index (χ0v) is 16.7. The molecule has 1 aromatic carbocycles. The standard InChI is InChI=1S/C16H16N6OS.C2HF3O2/c23-16(22-8-13(9-22)15-18-20-21-19-15)12-1-3-14(4-2-12)17-7-11-5-6-24-10-11;3-2(4,5)1(6)7/h1-6,10,13,17H,7-9H2,(H,18,19,20,21);(H,6,7). The molecule has 9 nitrogen and oxygen atoms in total. The maximum Gasteiger partial charge on any atom is 0.490 e. The summed E-state index contributed by atoms with van der Waals surface area (Å²) >= 11 is 1.69. The molecule has 13 heteroatoms. The number of hydrogen-bond donors (Lipinski definition) is 3. The van der Waals surface area contributed by atoms with Gasteiger partial charge in [0.25, 0.3) is 5.91 Å². The van der Waals surface area contributed by atoms with Gasteiger partial charge >= 0.3 is 12.1 Å². The van der Waals surface area contributed by atoms with Crippen LogP contribution in [0.25, 0.3) is 0 Å². The number of rotatable bonds is 5. The first-order chi connectivity index (χ1) is 14.7. The minimum Gasteiger partial charge on any atom is -0.475 e. The van der Waals surface area contributed by atoms with Gasteiger partial charge in [0, 0.05) is 30.9 Å². The van der Waals surface area contributed by atoms with Crippen molar-refractivity contribution >= 4 is 28.9 Å². The highest BCUT2D eigenvalue weighted by Gasteiger charge is 2.38. The Bertz CT molecular complexity index is 988. The second kappa shape index (κ2) is 9.55. The maximum atomic E-state index is 12.4. The summed E-state index contributed by atoms with van der Waals surface area (Å²) in [5.41, 5.74) is 2.96. The summed E-state index contributed by atoms with van der Waals surface area (Å²) in [6, 6.07) is 9.70. The average molecular weight is 454 g/mol. The van der Waals surface area contributed by atoms with E-state index in [0.717, 1.165) is 12.2 Å².